The molecule has 0 fully saturated rings. The highest BCUT2D eigenvalue weighted by Gasteiger charge is 2.15. The van der Waals surface area contributed by atoms with Gasteiger partial charge in [-0.05, 0) is 13.0 Å². The molecule has 0 saturated carbocycles. The molecule has 0 radical (unpaired) electrons. The van der Waals surface area contributed by atoms with E-state index in [1.807, 2.05) is 6.07 Å². The summed E-state index contributed by atoms with van der Waals surface area (Å²) >= 11 is 0. The van der Waals surface area contributed by atoms with Crippen LogP contribution in [0.3, 0.4) is 0 Å². The van der Waals surface area contributed by atoms with Gasteiger partial charge in [0.2, 0.25) is 0 Å². The standard InChI is InChI=1S/C9H6N4O2/c1-5-7(9(14)15)12-13-3-2-6(4-10)11-8(5)13/h2-3H,1H3,(H,14,15). The Morgan fingerprint density at radius 2 is 2.40 bits per heavy atom. The lowest BCUT2D eigenvalue weighted by atomic mass is 10.2. The fourth-order valence-electron chi connectivity index (χ4n) is 1.30. The Morgan fingerprint density at radius 3 is 3.00 bits per heavy atom. The summed E-state index contributed by atoms with van der Waals surface area (Å²) in [4.78, 5) is 14.7. The molecule has 1 N–H and O–H groups in total. The summed E-state index contributed by atoms with van der Waals surface area (Å²) < 4.78 is 1.35. The van der Waals surface area contributed by atoms with Crippen molar-refractivity contribution < 1.29 is 9.90 Å². The molecule has 0 amide bonds. The number of nitriles is 1. The Kier molecular flexibility index (Phi) is 1.87. The van der Waals surface area contributed by atoms with E-state index in [-0.39, 0.29) is 11.4 Å². The Balaban J connectivity index is 2.79. The molecule has 2 aromatic heterocycles. The summed E-state index contributed by atoms with van der Waals surface area (Å²) in [7, 11) is 0. The maximum absolute atomic E-state index is 10.8. The van der Waals surface area contributed by atoms with E-state index >= 15 is 0 Å². The molecule has 15 heavy (non-hydrogen) atoms. The third-order valence-electron chi connectivity index (χ3n) is 2.03. The second kappa shape index (κ2) is 3.06. The van der Waals surface area contributed by atoms with Crippen LogP contribution in [-0.4, -0.2) is 25.7 Å². The van der Waals surface area contributed by atoms with Crippen LogP contribution in [0.1, 0.15) is 21.7 Å². The molecule has 2 rings (SSSR count). The van der Waals surface area contributed by atoms with E-state index in [0.717, 1.165) is 0 Å². The molecule has 0 unspecified atom stereocenters. The summed E-state index contributed by atoms with van der Waals surface area (Å²) in [5.74, 6) is -1.10. The van der Waals surface area contributed by atoms with Gasteiger partial charge >= 0.3 is 5.97 Å². The second-order valence-electron chi connectivity index (χ2n) is 2.97. The van der Waals surface area contributed by atoms with E-state index in [0.29, 0.717) is 11.2 Å². The van der Waals surface area contributed by atoms with E-state index in [9.17, 15) is 4.79 Å². The van der Waals surface area contributed by atoms with Crippen molar-refractivity contribution in [3.05, 3.63) is 29.2 Å². The SMILES string of the molecule is Cc1c(C(=O)O)nn2ccc(C#N)nc12. The number of hydrogen-bond acceptors (Lipinski definition) is 4. The first-order chi connectivity index (χ1) is 7.13. The number of nitrogens with zero attached hydrogens (tertiary/aromatic N) is 4. The third-order valence-corrected chi connectivity index (χ3v) is 2.03. The number of aryl methyl sites for hydroxylation is 1. The molecular weight excluding hydrogens is 196 g/mol. The summed E-state index contributed by atoms with van der Waals surface area (Å²) in [5.41, 5.74) is 1.05. The minimum Gasteiger partial charge on any atom is -0.476 e. The Bertz CT molecular complexity index is 594. The number of carbonyl (C=O) groups is 1. The Morgan fingerprint density at radius 1 is 1.67 bits per heavy atom. The molecule has 2 heterocycles. The van der Waals surface area contributed by atoms with Crippen molar-refractivity contribution in [3.8, 4) is 6.07 Å². The van der Waals surface area contributed by atoms with Gasteiger partial charge in [0.25, 0.3) is 0 Å². The van der Waals surface area contributed by atoms with E-state index < -0.39 is 5.97 Å². The maximum Gasteiger partial charge on any atom is 0.356 e. The largest absolute Gasteiger partial charge is 0.476 e. The zero-order chi connectivity index (χ0) is 11.0. The van der Waals surface area contributed by atoms with E-state index in [2.05, 4.69) is 10.1 Å². The molecule has 74 valence electrons. The van der Waals surface area contributed by atoms with Crippen LogP contribution in [0.15, 0.2) is 12.3 Å². The van der Waals surface area contributed by atoms with Crippen molar-refractivity contribution >= 4 is 11.6 Å². The summed E-state index contributed by atoms with van der Waals surface area (Å²) in [6, 6.07) is 3.36. The summed E-state index contributed by atoms with van der Waals surface area (Å²) in [5, 5.41) is 21.3. The highest BCUT2D eigenvalue weighted by Crippen LogP contribution is 2.12. The topological polar surface area (TPSA) is 91.3 Å². The number of aromatic nitrogens is 3. The summed E-state index contributed by atoms with van der Waals surface area (Å²) in [6.07, 6.45) is 1.51. The van der Waals surface area contributed by atoms with Crippen molar-refractivity contribution in [2.75, 3.05) is 0 Å². The second-order valence-corrected chi connectivity index (χ2v) is 2.97. The maximum atomic E-state index is 10.8. The van der Waals surface area contributed by atoms with Gasteiger partial charge in [0.15, 0.2) is 11.3 Å². The lowest BCUT2D eigenvalue weighted by Crippen LogP contribution is -1.99. The number of carboxylic acid groups (broad SMARTS) is 1. The van der Waals surface area contributed by atoms with Crippen molar-refractivity contribution in [1.29, 1.82) is 5.26 Å². The van der Waals surface area contributed by atoms with Gasteiger partial charge in [-0.2, -0.15) is 10.4 Å². The Labute approximate surface area is 84.4 Å². The van der Waals surface area contributed by atoms with E-state index in [4.69, 9.17) is 10.4 Å². The lowest BCUT2D eigenvalue weighted by Gasteiger charge is -1.92. The monoisotopic (exact) mass is 202 g/mol. The van der Waals surface area contributed by atoms with Gasteiger partial charge in [-0.1, -0.05) is 0 Å². The van der Waals surface area contributed by atoms with Crippen LogP contribution >= 0.6 is 0 Å². The molecule has 2 aromatic rings. The Hall–Kier alpha value is -2.42. The van der Waals surface area contributed by atoms with Crippen molar-refractivity contribution in [2.45, 2.75) is 6.92 Å². The average molecular weight is 202 g/mol. The number of aromatic carboxylic acids is 1. The highest BCUT2D eigenvalue weighted by molar-refractivity contribution is 5.89. The molecule has 6 heteroatoms. The molecule has 0 aliphatic carbocycles. The summed E-state index contributed by atoms with van der Waals surface area (Å²) in [6.45, 7) is 1.61. The highest BCUT2D eigenvalue weighted by atomic mass is 16.4. The molecule has 0 bridgehead atoms. The van der Waals surface area contributed by atoms with Crippen LogP contribution in [0.25, 0.3) is 5.65 Å². The molecule has 0 aromatic carbocycles. The van der Waals surface area contributed by atoms with Gasteiger partial charge in [-0.25, -0.2) is 14.3 Å². The normalized spacial score (nSPS) is 10.1. The fraction of sp³-hybridized carbons (Fsp3) is 0.111. The predicted molar refractivity (Wildman–Crippen MR) is 49.4 cm³/mol. The predicted octanol–water partition coefficient (Wildman–Crippen LogP) is 0.608. The zero-order valence-corrected chi connectivity index (χ0v) is 7.80. The lowest BCUT2D eigenvalue weighted by molar-refractivity contribution is 0.0689. The average Bonchev–Trinajstić information content (AvgIpc) is 2.56. The number of fused-ring (bicyclic) bond motifs is 1. The number of rotatable bonds is 1. The molecule has 0 atom stereocenters. The quantitative estimate of drug-likeness (QED) is 0.731. The van der Waals surface area contributed by atoms with Gasteiger partial charge in [0, 0.05) is 11.8 Å². The molecule has 6 nitrogen and oxygen atoms in total. The van der Waals surface area contributed by atoms with Gasteiger partial charge in [0.1, 0.15) is 11.8 Å². The third kappa shape index (κ3) is 1.30. The van der Waals surface area contributed by atoms with Crippen LogP contribution < -0.4 is 0 Å². The van der Waals surface area contributed by atoms with Gasteiger partial charge < -0.3 is 5.11 Å². The zero-order valence-electron chi connectivity index (χ0n) is 7.80. The minimum atomic E-state index is -1.10. The van der Waals surface area contributed by atoms with Crippen LogP contribution in [0.4, 0.5) is 0 Å². The molecule has 0 saturated heterocycles. The smallest absolute Gasteiger partial charge is 0.356 e. The fourth-order valence-corrected chi connectivity index (χ4v) is 1.30. The van der Waals surface area contributed by atoms with Gasteiger partial charge in [-0.3, -0.25) is 0 Å². The molecule has 0 aliphatic heterocycles. The van der Waals surface area contributed by atoms with Crippen LogP contribution in [0.2, 0.25) is 0 Å². The van der Waals surface area contributed by atoms with Crippen molar-refractivity contribution in [3.63, 3.8) is 0 Å². The molecule has 0 aliphatic rings. The van der Waals surface area contributed by atoms with Crippen molar-refractivity contribution in [2.24, 2.45) is 0 Å². The molecular formula is C9H6N4O2. The minimum absolute atomic E-state index is 0.0439. The van der Waals surface area contributed by atoms with Crippen LogP contribution in [0.5, 0.6) is 0 Å². The van der Waals surface area contributed by atoms with E-state index in [1.165, 1.54) is 16.8 Å². The van der Waals surface area contributed by atoms with E-state index in [1.54, 1.807) is 6.92 Å². The van der Waals surface area contributed by atoms with Crippen LogP contribution in [0, 0.1) is 18.3 Å². The molecule has 0 spiro atoms. The van der Waals surface area contributed by atoms with Gasteiger partial charge in [0.05, 0.1) is 0 Å². The van der Waals surface area contributed by atoms with Crippen LogP contribution in [-0.2, 0) is 0 Å². The van der Waals surface area contributed by atoms with Gasteiger partial charge in [-0.15, -0.1) is 0 Å². The number of carboxylic acids is 1. The first kappa shape index (κ1) is 9.15. The first-order valence-corrected chi connectivity index (χ1v) is 4.13. The first-order valence-electron chi connectivity index (χ1n) is 4.13. The van der Waals surface area contributed by atoms with Crippen molar-refractivity contribution in [1.82, 2.24) is 14.6 Å². The number of hydrogen-bond donors (Lipinski definition) is 1.